The summed E-state index contributed by atoms with van der Waals surface area (Å²) in [4.78, 5) is 26.6. The van der Waals surface area contributed by atoms with Crippen molar-refractivity contribution in [2.45, 2.75) is 83.7 Å². The van der Waals surface area contributed by atoms with Crippen LogP contribution in [0.2, 0.25) is 0 Å². The maximum atomic E-state index is 13.0. The summed E-state index contributed by atoms with van der Waals surface area (Å²) in [6, 6.07) is 1.98. The Bertz CT molecular complexity index is 1410. The van der Waals surface area contributed by atoms with Gasteiger partial charge in [0.2, 0.25) is 11.8 Å². The molecule has 1 fully saturated rings. The number of hydrogen-bond acceptors (Lipinski definition) is 8. The monoisotopic (exact) mass is 514 g/mol. The Morgan fingerprint density at radius 3 is 2.89 bits per heavy atom. The number of nitrogens with zero attached hydrogens (tertiary/aromatic N) is 6. The highest BCUT2D eigenvalue weighted by atomic mass is 16.5. The lowest BCUT2D eigenvalue weighted by Gasteiger charge is -2.29. The van der Waals surface area contributed by atoms with Gasteiger partial charge in [-0.1, -0.05) is 50.1 Å². The number of hydrogen-bond donors (Lipinski definition) is 2. The van der Waals surface area contributed by atoms with Gasteiger partial charge in [-0.05, 0) is 50.2 Å². The summed E-state index contributed by atoms with van der Waals surface area (Å²) < 4.78 is 7.38. The SMILES string of the molecule is CC(C)(C)c1nc(C(=O)N[C@@H]2CCCCC3=CC(c4ccnc(Nc5cnn6c5CCC6)n4)=CCC32)no1. The average Bonchev–Trinajstić information content (AvgIpc) is 3.62. The molecule has 2 N–H and O–H groups in total. The van der Waals surface area contributed by atoms with E-state index in [2.05, 4.69) is 43.0 Å². The first-order chi connectivity index (χ1) is 18.3. The normalized spacial score (nSPS) is 21.1. The number of carbonyl (C=O) groups is 1. The summed E-state index contributed by atoms with van der Waals surface area (Å²) in [5, 5.41) is 15.0. The van der Waals surface area contributed by atoms with Gasteiger partial charge in [0.1, 0.15) is 0 Å². The molecule has 0 saturated heterocycles. The van der Waals surface area contributed by atoms with Crippen molar-refractivity contribution >= 4 is 23.1 Å². The summed E-state index contributed by atoms with van der Waals surface area (Å²) in [7, 11) is 0. The van der Waals surface area contributed by atoms with Crippen molar-refractivity contribution in [3.8, 4) is 0 Å². The molecular formula is C28H34N8O2. The number of aryl methyl sites for hydroxylation is 1. The standard InChI is InChI=1S/C28H34N8O2/c1-28(2,3)26-34-24(35-38-26)25(37)31-21-8-5-4-7-17-15-18(10-11-19(17)21)20-12-13-29-27(32-20)33-22-16-30-36-14-6-9-23(22)36/h10,12-13,15-16,19,21H,4-9,11,14H2,1-3H3,(H,31,37)(H,29,32,33)/t19?,21-/m1/s1. The predicted octanol–water partition coefficient (Wildman–Crippen LogP) is 4.75. The zero-order valence-corrected chi connectivity index (χ0v) is 22.2. The molecule has 4 heterocycles. The lowest BCUT2D eigenvalue weighted by molar-refractivity contribution is 0.0910. The Kier molecular flexibility index (Phi) is 6.33. The highest BCUT2D eigenvalue weighted by Crippen LogP contribution is 2.37. The molecule has 38 heavy (non-hydrogen) atoms. The molecule has 3 aliphatic rings. The van der Waals surface area contributed by atoms with E-state index in [9.17, 15) is 4.79 Å². The smallest absolute Gasteiger partial charge is 0.292 e. The summed E-state index contributed by atoms with van der Waals surface area (Å²) in [5.74, 6) is 1.11. The number of amides is 1. The van der Waals surface area contributed by atoms with Crippen molar-refractivity contribution in [2.75, 3.05) is 5.32 Å². The Hall–Kier alpha value is -3.82. The van der Waals surface area contributed by atoms with E-state index in [-0.39, 0.29) is 29.1 Å². The molecule has 1 amide bonds. The zero-order valence-electron chi connectivity index (χ0n) is 22.2. The molecule has 10 heteroatoms. The maximum Gasteiger partial charge on any atom is 0.292 e. The van der Waals surface area contributed by atoms with E-state index in [4.69, 9.17) is 9.51 Å². The molecule has 0 bridgehead atoms. The number of allylic oxidation sites excluding steroid dienone is 3. The van der Waals surface area contributed by atoms with Crippen LogP contribution in [0, 0.1) is 5.92 Å². The molecule has 198 valence electrons. The molecule has 6 rings (SSSR count). The quantitative estimate of drug-likeness (QED) is 0.500. The molecule has 2 aliphatic carbocycles. The highest BCUT2D eigenvalue weighted by molar-refractivity contribution is 5.90. The van der Waals surface area contributed by atoms with Crippen molar-refractivity contribution in [3.63, 3.8) is 0 Å². The van der Waals surface area contributed by atoms with Crippen molar-refractivity contribution in [1.29, 1.82) is 0 Å². The molecule has 0 spiro atoms. The Morgan fingerprint density at radius 1 is 1.16 bits per heavy atom. The molecule has 1 unspecified atom stereocenters. The van der Waals surface area contributed by atoms with Crippen molar-refractivity contribution in [3.05, 3.63) is 59.3 Å². The van der Waals surface area contributed by atoms with Crippen LogP contribution in [-0.2, 0) is 18.4 Å². The van der Waals surface area contributed by atoms with E-state index in [1.54, 1.807) is 6.20 Å². The second-order valence-corrected chi connectivity index (χ2v) is 11.4. The summed E-state index contributed by atoms with van der Waals surface area (Å²) in [5.41, 5.74) is 5.24. The average molecular weight is 515 g/mol. The third-order valence-corrected chi connectivity index (χ3v) is 7.64. The topological polar surface area (TPSA) is 124 Å². The van der Waals surface area contributed by atoms with E-state index in [0.29, 0.717) is 11.8 Å². The molecule has 10 nitrogen and oxygen atoms in total. The van der Waals surface area contributed by atoms with Gasteiger partial charge >= 0.3 is 0 Å². The van der Waals surface area contributed by atoms with Crippen LogP contribution in [0.15, 0.2) is 40.7 Å². The molecule has 1 aliphatic heterocycles. The number of rotatable bonds is 5. The van der Waals surface area contributed by atoms with Gasteiger partial charge in [0.15, 0.2) is 0 Å². The Labute approximate surface area is 222 Å². The molecular weight excluding hydrogens is 480 g/mol. The largest absolute Gasteiger partial charge is 0.346 e. The second kappa shape index (κ2) is 9.81. The maximum absolute atomic E-state index is 13.0. The van der Waals surface area contributed by atoms with Gasteiger partial charge in [-0.25, -0.2) is 9.97 Å². The van der Waals surface area contributed by atoms with Gasteiger partial charge in [-0.3, -0.25) is 9.48 Å². The molecule has 3 aromatic heterocycles. The van der Waals surface area contributed by atoms with E-state index < -0.39 is 0 Å². The molecule has 0 aromatic carbocycles. The minimum Gasteiger partial charge on any atom is -0.346 e. The van der Waals surface area contributed by atoms with Gasteiger partial charge in [0.05, 0.1) is 23.3 Å². The third-order valence-electron chi connectivity index (χ3n) is 7.64. The molecule has 3 aromatic rings. The minimum atomic E-state index is -0.302. The van der Waals surface area contributed by atoms with Crippen molar-refractivity contribution in [2.24, 2.45) is 5.92 Å². The fourth-order valence-electron chi connectivity index (χ4n) is 5.62. The number of anilines is 2. The lowest BCUT2D eigenvalue weighted by atomic mass is 9.81. The van der Waals surface area contributed by atoms with Crippen molar-refractivity contribution in [1.82, 2.24) is 35.2 Å². The van der Waals surface area contributed by atoms with E-state index in [0.717, 1.165) is 68.4 Å². The second-order valence-electron chi connectivity index (χ2n) is 11.4. The summed E-state index contributed by atoms with van der Waals surface area (Å²) in [6.45, 7) is 6.92. The van der Waals surface area contributed by atoms with Crippen LogP contribution in [0.25, 0.3) is 5.57 Å². The number of nitrogens with one attached hydrogen (secondary N) is 2. The van der Waals surface area contributed by atoms with Crippen LogP contribution in [0.4, 0.5) is 11.6 Å². The van der Waals surface area contributed by atoms with Crippen molar-refractivity contribution < 1.29 is 9.32 Å². The molecule has 0 radical (unpaired) electrons. The number of carbonyl (C=O) groups excluding carboxylic acids is 1. The van der Waals surface area contributed by atoms with Crippen LogP contribution in [0.3, 0.4) is 0 Å². The first-order valence-corrected chi connectivity index (χ1v) is 13.6. The predicted molar refractivity (Wildman–Crippen MR) is 143 cm³/mol. The minimum absolute atomic E-state index is 0.0256. The van der Waals surface area contributed by atoms with Gasteiger partial charge in [0.25, 0.3) is 11.7 Å². The van der Waals surface area contributed by atoms with Gasteiger partial charge in [0, 0.05) is 30.1 Å². The van der Waals surface area contributed by atoms with E-state index in [1.165, 1.54) is 11.3 Å². The summed E-state index contributed by atoms with van der Waals surface area (Å²) in [6.07, 6.45) is 15.2. The molecule has 1 saturated carbocycles. The van der Waals surface area contributed by atoms with Gasteiger partial charge in [-0.2, -0.15) is 10.1 Å². The Balaban J connectivity index is 1.17. The van der Waals surface area contributed by atoms with Crippen LogP contribution < -0.4 is 10.6 Å². The van der Waals surface area contributed by atoms with Crippen LogP contribution in [-0.4, -0.2) is 41.8 Å². The fraction of sp³-hybridized carbons (Fsp3) is 0.500. The number of aromatic nitrogens is 6. The first kappa shape index (κ1) is 24.5. The molecule has 2 atom stereocenters. The van der Waals surface area contributed by atoms with Crippen LogP contribution in [0.5, 0.6) is 0 Å². The van der Waals surface area contributed by atoms with Crippen LogP contribution in [0.1, 0.15) is 87.2 Å². The van der Waals surface area contributed by atoms with Crippen LogP contribution >= 0.6 is 0 Å². The van der Waals surface area contributed by atoms with E-state index >= 15 is 0 Å². The highest BCUT2D eigenvalue weighted by Gasteiger charge is 2.32. The first-order valence-electron chi connectivity index (χ1n) is 13.6. The van der Waals surface area contributed by atoms with Gasteiger partial charge < -0.3 is 15.2 Å². The van der Waals surface area contributed by atoms with E-state index in [1.807, 2.05) is 37.7 Å². The lowest BCUT2D eigenvalue weighted by Crippen LogP contribution is -2.41. The third kappa shape index (κ3) is 4.87. The fourth-order valence-corrected chi connectivity index (χ4v) is 5.62. The summed E-state index contributed by atoms with van der Waals surface area (Å²) >= 11 is 0. The number of fused-ring (bicyclic) bond motifs is 2. The Morgan fingerprint density at radius 2 is 2.05 bits per heavy atom. The van der Waals surface area contributed by atoms with Gasteiger partial charge in [-0.15, -0.1) is 0 Å². The zero-order chi connectivity index (χ0) is 26.3.